The molecule has 3 atom stereocenters. The smallest absolute Gasteiger partial charge is 0.248 e. The van der Waals surface area contributed by atoms with Gasteiger partial charge < -0.3 is 15.2 Å². The molecular weight excluding hydrogens is 254 g/mol. The summed E-state index contributed by atoms with van der Waals surface area (Å²) in [4.78, 5) is 12.1. The number of hydrogen-bond donors (Lipinski definition) is 2. The molecule has 1 fully saturated rings. The molecule has 0 aromatic heterocycles. The highest BCUT2D eigenvalue weighted by atomic mass is 16.5. The molecule has 0 bridgehead atoms. The maximum atomic E-state index is 12.1. The van der Waals surface area contributed by atoms with Gasteiger partial charge in [-0.1, -0.05) is 33.6 Å². The van der Waals surface area contributed by atoms with Crippen molar-refractivity contribution < 1.29 is 14.6 Å². The summed E-state index contributed by atoms with van der Waals surface area (Å²) in [5.41, 5.74) is -0.0799. The number of carbonyl (C=O) groups is 1. The van der Waals surface area contributed by atoms with Crippen molar-refractivity contribution in [1.29, 1.82) is 0 Å². The molecule has 1 rings (SSSR count). The minimum absolute atomic E-state index is 0.0470. The Bertz CT molecular complexity index is 304. The lowest BCUT2D eigenvalue weighted by molar-refractivity contribution is -0.137. The fraction of sp³-hybridized carbons (Fsp3) is 0.938. The summed E-state index contributed by atoms with van der Waals surface area (Å²) in [6.45, 7) is 8.87. The molecule has 1 aliphatic carbocycles. The highest BCUT2D eigenvalue weighted by Crippen LogP contribution is 2.26. The maximum Gasteiger partial charge on any atom is 0.248 e. The van der Waals surface area contributed by atoms with Gasteiger partial charge in [-0.25, -0.2) is 0 Å². The predicted octanol–water partition coefficient (Wildman–Crippen LogP) is 2.50. The van der Waals surface area contributed by atoms with Gasteiger partial charge in [0.1, 0.15) is 6.10 Å². The SMILES string of the molecule is C[C@@H]1CCC[C@H](O[C@@H](C)C(=O)NCC(C)(C)CCO)C1. The van der Waals surface area contributed by atoms with E-state index in [1.54, 1.807) is 0 Å². The molecule has 0 unspecified atom stereocenters. The first kappa shape index (κ1) is 17.4. The number of hydrogen-bond acceptors (Lipinski definition) is 3. The van der Waals surface area contributed by atoms with E-state index in [2.05, 4.69) is 12.2 Å². The van der Waals surface area contributed by atoms with Gasteiger partial charge in [-0.2, -0.15) is 0 Å². The van der Waals surface area contributed by atoms with Crippen LogP contribution in [0.25, 0.3) is 0 Å². The van der Waals surface area contributed by atoms with Crippen LogP contribution in [0.15, 0.2) is 0 Å². The van der Waals surface area contributed by atoms with E-state index in [4.69, 9.17) is 9.84 Å². The number of carbonyl (C=O) groups excluding carboxylic acids is 1. The number of rotatable bonds is 7. The number of amides is 1. The van der Waals surface area contributed by atoms with Crippen molar-refractivity contribution in [3.8, 4) is 0 Å². The van der Waals surface area contributed by atoms with Crippen LogP contribution in [0.5, 0.6) is 0 Å². The second-order valence-corrected chi connectivity index (χ2v) is 7.03. The van der Waals surface area contributed by atoms with Gasteiger partial charge in [0.2, 0.25) is 5.91 Å². The Morgan fingerprint density at radius 2 is 2.15 bits per heavy atom. The summed E-state index contributed by atoms with van der Waals surface area (Å²) in [7, 11) is 0. The maximum absolute atomic E-state index is 12.1. The van der Waals surface area contributed by atoms with Crippen LogP contribution in [0, 0.1) is 11.3 Å². The normalized spacial score (nSPS) is 25.2. The first-order valence-corrected chi connectivity index (χ1v) is 7.88. The largest absolute Gasteiger partial charge is 0.396 e. The summed E-state index contributed by atoms with van der Waals surface area (Å²) < 4.78 is 5.89. The van der Waals surface area contributed by atoms with Crippen molar-refractivity contribution in [1.82, 2.24) is 5.32 Å². The minimum atomic E-state index is -0.393. The molecule has 0 spiro atoms. The molecule has 0 aliphatic heterocycles. The van der Waals surface area contributed by atoms with Crippen LogP contribution in [0.1, 0.15) is 59.8 Å². The minimum Gasteiger partial charge on any atom is -0.396 e. The first-order chi connectivity index (χ1) is 9.34. The van der Waals surface area contributed by atoms with E-state index < -0.39 is 6.10 Å². The average molecular weight is 285 g/mol. The van der Waals surface area contributed by atoms with E-state index in [0.29, 0.717) is 18.9 Å². The molecule has 4 heteroatoms. The van der Waals surface area contributed by atoms with Gasteiger partial charge in [-0.05, 0) is 37.5 Å². The van der Waals surface area contributed by atoms with Gasteiger partial charge in [0.05, 0.1) is 6.10 Å². The number of nitrogens with one attached hydrogen (secondary N) is 1. The van der Waals surface area contributed by atoms with Crippen LogP contribution in [-0.4, -0.2) is 36.4 Å². The van der Waals surface area contributed by atoms with E-state index in [-0.39, 0.29) is 24.0 Å². The Balaban J connectivity index is 2.31. The molecule has 0 aromatic carbocycles. The molecule has 0 aromatic rings. The highest BCUT2D eigenvalue weighted by molar-refractivity contribution is 5.80. The molecular formula is C16H31NO3. The van der Waals surface area contributed by atoms with Crippen molar-refractivity contribution >= 4 is 5.91 Å². The van der Waals surface area contributed by atoms with E-state index in [1.165, 1.54) is 12.8 Å². The molecule has 2 N–H and O–H groups in total. The van der Waals surface area contributed by atoms with Crippen LogP contribution in [-0.2, 0) is 9.53 Å². The average Bonchev–Trinajstić information content (AvgIpc) is 2.36. The van der Waals surface area contributed by atoms with Crippen molar-refractivity contribution in [2.45, 2.75) is 72.0 Å². The fourth-order valence-electron chi connectivity index (χ4n) is 2.71. The topological polar surface area (TPSA) is 58.6 Å². The summed E-state index contributed by atoms with van der Waals surface area (Å²) in [6, 6.07) is 0. The molecule has 1 saturated carbocycles. The molecule has 0 saturated heterocycles. The summed E-state index contributed by atoms with van der Waals surface area (Å²) in [5, 5.41) is 11.9. The monoisotopic (exact) mass is 285 g/mol. The van der Waals surface area contributed by atoms with Crippen molar-refractivity contribution in [2.24, 2.45) is 11.3 Å². The second kappa shape index (κ2) is 7.99. The van der Waals surface area contributed by atoms with E-state index in [0.717, 1.165) is 12.8 Å². The van der Waals surface area contributed by atoms with Crippen molar-refractivity contribution in [2.75, 3.05) is 13.2 Å². The molecule has 118 valence electrons. The molecule has 0 heterocycles. The number of ether oxygens (including phenoxy) is 1. The molecule has 4 nitrogen and oxygen atoms in total. The van der Waals surface area contributed by atoms with Gasteiger partial charge in [0, 0.05) is 13.2 Å². The van der Waals surface area contributed by atoms with E-state index in [1.807, 2.05) is 20.8 Å². The zero-order valence-electron chi connectivity index (χ0n) is 13.4. The van der Waals surface area contributed by atoms with Crippen molar-refractivity contribution in [3.05, 3.63) is 0 Å². The third kappa shape index (κ3) is 6.23. The third-order valence-corrected chi connectivity index (χ3v) is 4.18. The zero-order chi connectivity index (χ0) is 15.2. The Kier molecular flexibility index (Phi) is 6.96. The van der Waals surface area contributed by atoms with Gasteiger partial charge in [0.15, 0.2) is 0 Å². The molecule has 20 heavy (non-hydrogen) atoms. The molecule has 0 radical (unpaired) electrons. The van der Waals surface area contributed by atoms with Crippen LogP contribution < -0.4 is 5.32 Å². The Hall–Kier alpha value is -0.610. The van der Waals surface area contributed by atoms with Crippen LogP contribution in [0.2, 0.25) is 0 Å². The van der Waals surface area contributed by atoms with Crippen molar-refractivity contribution in [3.63, 3.8) is 0 Å². The lowest BCUT2D eigenvalue weighted by Crippen LogP contribution is -2.42. The summed E-state index contributed by atoms with van der Waals surface area (Å²) in [5.74, 6) is 0.654. The second-order valence-electron chi connectivity index (χ2n) is 7.03. The van der Waals surface area contributed by atoms with Crippen LogP contribution in [0.3, 0.4) is 0 Å². The van der Waals surface area contributed by atoms with E-state index in [9.17, 15) is 4.79 Å². The lowest BCUT2D eigenvalue weighted by Gasteiger charge is -2.30. The van der Waals surface area contributed by atoms with Gasteiger partial charge in [-0.15, -0.1) is 0 Å². The highest BCUT2D eigenvalue weighted by Gasteiger charge is 2.25. The van der Waals surface area contributed by atoms with Gasteiger partial charge in [-0.3, -0.25) is 4.79 Å². The quantitative estimate of drug-likeness (QED) is 0.755. The third-order valence-electron chi connectivity index (χ3n) is 4.18. The number of aliphatic hydroxyl groups excluding tert-OH is 1. The van der Waals surface area contributed by atoms with Crippen LogP contribution >= 0.6 is 0 Å². The van der Waals surface area contributed by atoms with E-state index >= 15 is 0 Å². The van der Waals surface area contributed by atoms with Crippen LogP contribution in [0.4, 0.5) is 0 Å². The van der Waals surface area contributed by atoms with Gasteiger partial charge >= 0.3 is 0 Å². The first-order valence-electron chi connectivity index (χ1n) is 7.88. The predicted molar refractivity (Wildman–Crippen MR) is 80.5 cm³/mol. The summed E-state index contributed by atoms with van der Waals surface area (Å²) in [6.07, 6.45) is 5.12. The Morgan fingerprint density at radius 3 is 2.75 bits per heavy atom. The van der Waals surface area contributed by atoms with Gasteiger partial charge in [0.25, 0.3) is 0 Å². The Labute approximate surface area is 123 Å². The molecule has 1 aliphatic rings. The lowest BCUT2D eigenvalue weighted by atomic mass is 9.88. The standard InChI is InChI=1S/C16H31NO3/c1-12-6-5-7-14(10-12)20-13(2)15(19)17-11-16(3,4)8-9-18/h12-14,18H,5-11H2,1-4H3,(H,17,19)/t12-,13+,14+/m1/s1. The fourth-order valence-corrected chi connectivity index (χ4v) is 2.71. The Morgan fingerprint density at radius 1 is 1.45 bits per heavy atom. The summed E-state index contributed by atoms with van der Waals surface area (Å²) >= 11 is 0. The molecule has 1 amide bonds. The number of aliphatic hydroxyl groups is 1. The zero-order valence-corrected chi connectivity index (χ0v) is 13.4.